The lowest BCUT2D eigenvalue weighted by atomic mass is 9.92. The third kappa shape index (κ3) is 11.2. The number of carbonyl (C=O) groups excluding carboxylic acids is 1. The molecule has 0 bridgehead atoms. The average Bonchev–Trinajstić information content (AvgIpc) is 1.97. The Hall–Kier alpha value is -0.730. The molecule has 0 heterocycles. The Morgan fingerprint density at radius 3 is 2.00 bits per heavy atom. The molecule has 3 heteroatoms. The van der Waals surface area contributed by atoms with Crippen LogP contribution < -0.4 is 5.32 Å². The van der Waals surface area contributed by atoms with Crippen LogP contribution in [-0.2, 0) is 4.74 Å². The fraction of sp³-hybridized carbons (Fsp3) is 0.917. The first kappa shape index (κ1) is 14.3. The largest absolute Gasteiger partial charge is 0.449 e. The minimum absolute atomic E-state index is 0.0291. The fourth-order valence-electron chi connectivity index (χ4n) is 0.873. The zero-order chi connectivity index (χ0) is 12.1. The summed E-state index contributed by atoms with van der Waals surface area (Å²) in [6, 6.07) is 0. The highest BCUT2D eigenvalue weighted by Crippen LogP contribution is 2.17. The minimum atomic E-state index is -0.311. The molecule has 0 rings (SSSR count). The first-order valence-electron chi connectivity index (χ1n) is 5.51. The quantitative estimate of drug-likeness (QED) is 0.785. The molecule has 0 saturated heterocycles. The van der Waals surface area contributed by atoms with Crippen molar-refractivity contribution in [3.8, 4) is 0 Å². The molecule has 0 aromatic heterocycles. The minimum Gasteiger partial charge on any atom is -0.449 e. The number of hydrogen-bond donors (Lipinski definition) is 1. The molecular formula is C12H25NO2. The number of rotatable bonds is 3. The van der Waals surface area contributed by atoms with Gasteiger partial charge in [0, 0.05) is 6.54 Å². The number of ether oxygens (including phenoxy) is 1. The van der Waals surface area contributed by atoms with Crippen molar-refractivity contribution < 1.29 is 9.53 Å². The van der Waals surface area contributed by atoms with E-state index in [4.69, 9.17) is 4.74 Å². The number of carbonyl (C=O) groups is 1. The van der Waals surface area contributed by atoms with Crippen LogP contribution in [0.25, 0.3) is 0 Å². The molecule has 0 radical (unpaired) electrons. The molecule has 90 valence electrons. The molecule has 0 fully saturated rings. The van der Waals surface area contributed by atoms with Crippen molar-refractivity contribution in [1.29, 1.82) is 0 Å². The number of nitrogens with one attached hydrogen (secondary N) is 1. The maximum Gasteiger partial charge on any atom is 0.407 e. The summed E-state index contributed by atoms with van der Waals surface area (Å²) in [5.41, 5.74) is 0.276. The van der Waals surface area contributed by atoms with Gasteiger partial charge in [-0.1, -0.05) is 41.5 Å². The van der Waals surface area contributed by atoms with E-state index in [9.17, 15) is 4.79 Å². The van der Waals surface area contributed by atoms with Crippen LogP contribution in [0.4, 0.5) is 4.79 Å². The summed E-state index contributed by atoms with van der Waals surface area (Å²) in [5, 5.41) is 2.75. The molecule has 0 aromatic rings. The van der Waals surface area contributed by atoms with E-state index in [1.165, 1.54) is 0 Å². The Labute approximate surface area is 93.6 Å². The lowest BCUT2D eigenvalue weighted by Gasteiger charge is -2.20. The summed E-state index contributed by atoms with van der Waals surface area (Å²) in [6.45, 7) is 13.7. The van der Waals surface area contributed by atoms with Gasteiger partial charge in [-0.15, -0.1) is 0 Å². The van der Waals surface area contributed by atoms with Gasteiger partial charge in [0.15, 0.2) is 0 Å². The standard InChI is InChI=1S/C12H25NO2/c1-11(2,3)7-8-13-10(14)15-9-12(4,5)6/h7-9H2,1-6H3,(H,13,14). The van der Waals surface area contributed by atoms with Crippen LogP contribution in [-0.4, -0.2) is 19.2 Å². The van der Waals surface area contributed by atoms with Crippen LogP contribution in [0.1, 0.15) is 48.0 Å². The lowest BCUT2D eigenvalue weighted by molar-refractivity contribution is 0.105. The molecule has 0 spiro atoms. The molecule has 0 unspecified atom stereocenters. The van der Waals surface area contributed by atoms with Gasteiger partial charge in [-0.2, -0.15) is 0 Å². The molecule has 0 saturated carbocycles. The number of alkyl carbamates (subject to hydrolysis) is 1. The van der Waals surface area contributed by atoms with E-state index >= 15 is 0 Å². The summed E-state index contributed by atoms with van der Waals surface area (Å²) in [4.78, 5) is 11.2. The average molecular weight is 215 g/mol. The Balaban J connectivity index is 3.60. The Morgan fingerprint density at radius 1 is 1.07 bits per heavy atom. The normalized spacial score (nSPS) is 12.4. The van der Waals surface area contributed by atoms with Crippen molar-refractivity contribution in [3.05, 3.63) is 0 Å². The molecule has 3 nitrogen and oxygen atoms in total. The first-order valence-corrected chi connectivity index (χ1v) is 5.51. The second-order valence-electron chi connectivity index (χ2n) is 6.37. The van der Waals surface area contributed by atoms with Crippen molar-refractivity contribution in [2.24, 2.45) is 10.8 Å². The molecule has 0 aliphatic heterocycles. The maximum atomic E-state index is 11.2. The summed E-state index contributed by atoms with van der Waals surface area (Å²) >= 11 is 0. The number of amides is 1. The summed E-state index contributed by atoms with van der Waals surface area (Å²) < 4.78 is 5.07. The van der Waals surface area contributed by atoms with Crippen molar-refractivity contribution in [3.63, 3.8) is 0 Å². The van der Waals surface area contributed by atoms with E-state index in [1.54, 1.807) is 0 Å². The summed E-state index contributed by atoms with van der Waals surface area (Å²) in [7, 11) is 0. The third-order valence-electron chi connectivity index (χ3n) is 1.78. The first-order chi connectivity index (χ1) is 6.60. The monoisotopic (exact) mass is 215 g/mol. The molecule has 1 amide bonds. The van der Waals surface area contributed by atoms with Crippen molar-refractivity contribution in [1.82, 2.24) is 5.32 Å². The van der Waals surface area contributed by atoms with Crippen molar-refractivity contribution in [2.45, 2.75) is 48.0 Å². The summed E-state index contributed by atoms with van der Waals surface area (Å²) in [5.74, 6) is 0. The van der Waals surface area contributed by atoms with Crippen LogP contribution in [0.5, 0.6) is 0 Å². The van der Waals surface area contributed by atoms with Crippen molar-refractivity contribution >= 4 is 6.09 Å². The van der Waals surface area contributed by atoms with Crippen LogP contribution >= 0.6 is 0 Å². The van der Waals surface area contributed by atoms with E-state index < -0.39 is 0 Å². The zero-order valence-electron chi connectivity index (χ0n) is 10.9. The van der Waals surface area contributed by atoms with Gasteiger partial charge in [0.1, 0.15) is 0 Å². The van der Waals surface area contributed by atoms with E-state index in [-0.39, 0.29) is 16.9 Å². The zero-order valence-corrected chi connectivity index (χ0v) is 10.9. The van der Waals surface area contributed by atoms with Gasteiger partial charge in [-0.25, -0.2) is 4.79 Å². The topological polar surface area (TPSA) is 38.3 Å². The second-order valence-corrected chi connectivity index (χ2v) is 6.37. The maximum absolute atomic E-state index is 11.2. The molecule has 0 atom stereocenters. The number of hydrogen-bond acceptors (Lipinski definition) is 2. The van der Waals surface area contributed by atoms with Crippen LogP contribution in [0.15, 0.2) is 0 Å². The predicted molar refractivity (Wildman–Crippen MR) is 62.9 cm³/mol. The Bertz CT molecular complexity index is 199. The lowest BCUT2D eigenvalue weighted by Crippen LogP contribution is -2.30. The van der Waals surface area contributed by atoms with Gasteiger partial charge in [0.2, 0.25) is 0 Å². The molecular weight excluding hydrogens is 190 g/mol. The van der Waals surface area contributed by atoms with E-state index in [2.05, 4.69) is 26.1 Å². The highest BCUT2D eigenvalue weighted by atomic mass is 16.5. The third-order valence-corrected chi connectivity index (χ3v) is 1.78. The molecule has 0 aromatic carbocycles. The fourth-order valence-corrected chi connectivity index (χ4v) is 0.873. The molecule has 1 N–H and O–H groups in total. The van der Waals surface area contributed by atoms with Crippen LogP contribution in [0.3, 0.4) is 0 Å². The van der Waals surface area contributed by atoms with Gasteiger partial charge in [0.25, 0.3) is 0 Å². The predicted octanol–water partition coefficient (Wildman–Crippen LogP) is 3.19. The van der Waals surface area contributed by atoms with Gasteiger partial charge in [-0.05, 0) is 17.3 Å². The second kappa shape index (κ2) is 5.38. The van der Waals surface area contributed by atoms with Gasteiger partial charge >= 0.3 is 6.09 Å². The van der Waals surface area contributed by atoms with Gasteiger partial charge < -0.3 is 10.1 Å². The van der Waals surface area contributed by atoms with Gasteiger partial charge in [0.05, 0.1) is 6.61 Å². The van der Waals surface area contributed by atoms with E-state index in [0.717, 1.165) is 6.42 Å². The Morgan fingerprint density at radius 2 is 1.60 bits per heavy atom. The smallest absolute Gasteiger partial charge is 0.407 e. The molecule has 0 aliphatic carbocycles. The Kier molecular flexibility index (Phi) is 5.12. The van der Waals surface area contributed by atoms with Gasteiger partial charge in [-0.3, -0.25) is 0 Å². The van der Waals surface area contributed by atoms with E-state index in [1.807, 2.05) is 20.8 Å². The highest BCUT2D eigenvalue weighted by Gasteiger charge is 2.14. The molecule has 15 heavy (non-hydrogen) atoms. The highest BCUT2D eigenvalue weighted by molar-refractivity contribution is 5.67. The van der Waals surface area contributed by atoms with Crippen molar-refractivity contribution in [2.75, 3.05) is 13.2 Å². The summed E-state index contributed by atoms with van der Waals surface area (Å²) in [6.07, 6.45) is 0.645. The SMILES string of the molecule is CC(C)(C)CCNC(=O)OCC(C)(C)C. The van der Waals surface area contributed by atoms with E-state index in [0.29, 0.717) is 13.2 Å². The van der Waals surface area contributed by atoms with Crippen LogP contribution in [0, 0.1) is 10.8 Å². The molecule has 0 aliphatic rings. The van der Waals surface area contributed by atoms with Crippen LogP contribution in [0.2, 0.25) is 0 Å².